The number of phenolic OH excluding ortho intramolecular Hbond substituents is 1. The molecular weight excluding hydrogens is 363 g/mol. The van der Waals surface area contributed by atoms with Gasteiger partial charge in [0.05, 0.1) is 0 Å². The molecule has 0 fully saturated rings. The van der Waals surface area contributed by atoms with Crippen LogP contribution in [0, 0.1) is 5.82 Å². The minimum atomic E-state index is -0.338. The summed E-state index contributed by atoms with van der Waals surface area (Å²) in [6, 6.07) is 21.0. The predicted octanol–water partition coefficient (Wildman–Crippen LogP) is 5.41. The van der Waals surface area contributed by atoms with Gasteiger partial charge in [-0.15, -0.1) is 0 Å². The van der Waals surface area contributed by atoms with E-state index in [1.165, 1.54) is 12.1 Å². The molecule has 3 aromatic rings. The molecule has 1 heterocycles. The quantitative estimate of drug-likeness (QED) is 0.638. The number of para-hydroxylation sites is 1. The van der Waals surface area contributed by atoms with Crippen molar-refractivity contribution in [1.29, 1.82) is 0 Å². The second-order valence-electron chi connectivity index (χ2n) is 6.52. The lowest BCUT2D eigenvalue weighted by Gasteiger charge is -2.31. The van der Waals surface area contributed by atoms with Crippen LogP contribution in [0.5, 0.6) is 5.75 Å². The first-order valence-electron chi connectivity index (χ1n) is 8.72. The first kappa shape index (κ1) is 17.7. The zero-order valence-electron chi connectivity index (χ0n) is 14.4. The second kappa shape index (κ2) is 7.51. The van der Waals surface area contributed by atoms with Crippen LogP contribution in [0.25, 0.3) is 0 Å². The second-order valence-corrected chi connectivity index (χ2v) is 6.96. The van der Waals surface area contributed by atoms with Crippen molar-refractivity contribution in [2.45, 2.75) is 18.6 Å². The van der Waals surface area contributed by atoms with Crippen molar-refractivity contribution >= 4 is 17.3 Å². The molecular formula is C22H18ClFN2O. The minimum absolute atomic E-state index is 0.121. The van der Waals surface area contributed by atoms with Crippen LogP contribution in [0.4, 0.5) is 4.39 Å². The Morgan fingerprint density at radius 2 is 1.67 bits per heavy atom. The maximum atomic E-state index is 13.3. The maximum absolute atomic E-state index is 13.3. The van der Waals surface area contributed by atoms with Gasteiger partial charge in [0, 0.05) is 28.8 Å². The molecule has 0 aliphatic carbocycles. The summed E-state index contributed by atoms with van der Waals surface area (Å²) in [5.41, 5.74) is 3.57. The number of aliphatic imine (C=N–C) groups is 1. The van der Waals surface area contributed by atoms with Crippen molar-refractivity contribution in [2.75, 3.05) is 0 Å². The van der Waals surface area contributed by atoms with Gasteiger partial charge in [0.2, 0.25) is 0 Å². The van der Waals surface area contributed by atoms with Crippen molar-refractivity contribution in [1.82, 2.24) is 5.32 Å². The number of phenols is 1. The summed E-state index contributed by atoms with van der Waals surface area (Å²) in [5.74, 6) is -0.0427. The van der Waals surface area contributed by atoms with Gasteiger partial charge < -0.3 is 5.11 Å². The fourth-order valence-corrected chi connectivity index (χ4v) is 3.45. The number of aromatic hydroxyl groups is 1. The number of benzene rings is 3. The predicted molar refractivity (Wildman–Crippen MR) is 106 cm³/mol. The third-order valence-corrected chi connectivity index (χ3v) is 4.97. The minimum Gasteiger partial charge on any atom is -0.508 e. The molecule has 0 aromatic heterocycles. The Morgan fingerprint density at radius 3 is 2.37 bits per heavy atom. The Kier molecular flexibility index (Phi) is 4.92. The van der Waals surface area contributed by atoms with Gasteiger partial charge in [-0.1, -0.05) is 54.1 Å². The molecule has 1 aliphatic rings. The summed E-state index contributed by atoms with van der Waals surface area (Å²) in [5, 5.41) is 14.4. The first-order valence-corrected chi connectivity index (χ1v) is 9.10. The van der Waals surface area contributed by atoms with E-state index in [-0.39, 0.29) is 23.8 Å². The van der Waals surface area contributed by atoms with Gasteiger partial charge in [0.15, 0.2) is 0 Å². The van der Waals surface area contributed by atoms with E-state index < -0.39 is 0 Å². The van der Waals surface area contributed by atoms with E-state index in [1.807, 2.05) is 36.4 Å². The topological polar surface area (TPSA) is 44.6 Å². The van der Waals surface area contributed by atoms with E-state index in [1.54, 1.807) is 24.3 Å². The van der Waals surface area contributed by atoms with E-state index in [0.29, 0.717) is 11.4 Å². The van der Waals surface area contributed by atoms with Gasteiger partial charge in [0.1, 0.15) is 17.7 Å². The molecule has 1 aliphatic heterocycles. The van der Waals surface area contributed by atoms with Gasteiger partial charge in [0.25, 0.3) is 0 Å². The summed E-state index contributed by atoms with van der Waals surface area (Å²) < 4.78 is 13.3. The van der Waals surface area contributed by atoms with Crippen LogP contribution < -0.4 is 5.32 Å². The summed E-state index contributed by atoms with van der Waals surface area (Å²) in [7, 11) is 0. The maximum Gasteiger partial charge on any atom is 0.126 e. The lowest BCUT2D eigenvalue weighted by molar-refractivity contribution is 0.412. The van der Waals surface area contributed by atoms with Gasteiger partial charge in [-0.25, -0.2) is 4.39 Å². The lowest BCUT2D eigenvalue weighted by atomic mass is 9.93. The molecule has 0 unspecified atom stereocenters. The van der Waals surface area contributed by atoms with Crippen LogP contribution in [0.2, 0.25) is 5.02 Å². The molecule has 136 valence electrons. The number of rotatable bonds is 3. The highest BCUT2D eigenvalue weighted by molar-refractivity contribution is 6.30. The molecule has 5 heteroatoms. The van der Waals surface area contributed by atoms with Crippen LogP contribution in [-0.2, 0) is 0 Å². The van der Waals surface area contributed by atoms with Crippen molar-refractivity contribution in [3.63, 3.8) is 0 Å². The van der Waals surface area contributed by atoms with E-state index in [9.17, 15) is 9.50 Å². The molecule has 27 heavy (non-hydrogen) atoms. The average Bonchev–Trinajstić information content (AvgIpc) is 2.69. The Morgan fingerprint density at radius 1 is 0.963 bits per heavy atom. The fraction of sp³-hybridized carbons (Fsp3) is 0.136. The standard InChI is InChI=1S/C22H18ClFN2O/c23-16-9-5-14(6-10-16)19-13-20(18-3-1-2-4-21(18)27)26-22(25-19)15-7-11-17(24)12-8-15/h1-12,20,22,26-27H,13H2/t20-,22+/m0/s1. The summed E-state index contributed by atoms with van der Waals surface area (Å²) in [6.07, 6.45) is 0.284. The molecule has 3 nitrogen and oxygen atoms in total. The Hall–Kier alpha value is -2.69. The molecule has 0 saturated heterocycles. The molecule has 4 rings (SSSR count). The lowest BCUT2D eigenvalue weighted by Crippen LogP contribution is -2.33. The van der Waals surface area contributed by atoms with E-state index in [0.717, 1.165) is 22.4 Å². The zero-order chi connectivity index (χ0) is 18.8. The highest BCUT2D eigenvalue weighted by atomic mass is 35.5. The summed E-state index contributed by atoms with van der Waals surface area (Å²) >= 11 is 6.01. The van der Waals surface area contributed by atoms with Crippen LogP contribution in [0.15, 0.2) is 77.8 Å². The summed E-state index contributed by atoms with van der Waals surface area (Å²) in [6.45, 7) is 0. The molecule has 2 atom stereocenters. The van der Waals surface area contributed by atoms with Gasteiger partial charge in [-0.2, -0.15) is 0 Å². The van der Waals surface area contributed by atoms with E-state index >= 15 is 0 Å². The zero-order valence-corrected chi connectivity index (χ0v) is 15.2. The number of nitrogens with zero attached hydrogens (tertiary/aromatic N) is 1. The molecule has 2 N–H and O–H groups in total. The normalized spacial score (nSPS) is 19.6. The number of hydrogen-bond acceptors (Lipinski definition) is 3. The van der Waals surface area contributed by atoms with Crippen molar-refractivity contribution in [3.8, 4) is 5.75 Å². The van der Waals surface area contributed by atoms with E-state index in [2.05, 4.69) is 5.32 Å². The van der Waals surface area contributed by atoms with Gasteiger partial charge in [-0.3, -0.25) is 10.3 Å². The third-order valence-electron chi connectivity index (χ3n) is 4.72. The molecule has 0 bridgehead atoms. The number of halogens is 2. The van der Waals surface area contributed by atoms with Gasteiger partial charge in [-0.05, 0) is 41.5 Å². The highest BCUT2D eigenvalue weighted by Gasteiger charge is 2.27. The fourth-order valence-electron chi connectivity index (χ4n) is 3.32. The first-order chi connectivity index (χ1) is 13.1. The molecule has 0 spiro atoms. The van der Waals surface area contributed by atoms with Crippen LogP contribution in [0.1, 0.15) is 35.3 Å². The third kappa shape index (κ3) is 3.87. The van der Waals surface area contributed by atoms with E-state index in [4.69, 9.17) is 16.6 Å². The largest absolute Gasteiger partial charge is 0.508 e. The number of hydrogen-bond donors (Lipinski definition) is 2. The molecule has 0 saturated carbocycles. The highest BCUT2D eigenvalue weighted by Crippen LogP contribution is 2.34. The van der Waals surface area contributed by atoms with Gasteiger partial charge >= 0.3 is 0 Å². The molecule has 0 radical (unpaired) electrons. The summed E-state index contributed by atoms with van der Waals surface area (Å²) in [4.78, 5) is 4.85. The smallest absolute Gasteiger partial charge is 0.126 e. The Bertz CT molecular complexity index is 970. The van der Waals surface area contributed by atoms with Crippen LogP contribution in [0.3, 0.4) is 0 Å². The molecule has 0 amide bonds. The average molecular weight is 381 g/mol. The Balaban J connectivity index is 1.75. The SMILES string of the molecule is Oc1ccccc1[C@@H]1CC(c2ccc(Cl)cc2)=N[C@@H](c2ccc(F)cc2)N1. The number of nitrogens with one attached hydrogen (secondary N) is 1. The van der Waals surface area contributed by atoms with Crippen molar-refractivity contribution in [3.05, 3.63) is 100 Å². The van der Waals surface area contributed by atoms with Crippen LogP contribution in [-0.4, -0.2) is 10.8 Å². The van der Waals surface area contributed by atoms with Crippen LogP contribution >= 0.6 is 11.6 Å². The van der Waals surface area contributed by atoms with Crippen molar-refractivity contribution < 1.29 is 9.50 Å². The monoisotopic (exact) mass is 380 g/mol. The van der Waals surface area contributed by atoms with Crippen molar-refractivity contribution in [2.24, 2.45) is 4.99 Å². The Labute approximate surface area is 162 Å². The molecule has 3 aromatic carbocycles.